The van der Waals surface area contributed by atoms with E-state index >= 15 is 0 Å². The second-order valence-electron chi connectivity index (χ2n) is 5.99. The maximum Gasteiger partial charge on any atom is 0.416 e. The van der Waals surface area contributed by atoms with Gasteiger partial charge in [0.15, 0.2) is 0 Å². The van der Waals surface area contributed by atoms with Gasteiger partial charge in [0.1, 0.15) is 11.3 Å². The number of fused-ring (bicyclic) bond motifs is 1. The van der Waals surface area contributed by atoms with Crippen LogP contribution in [0.5, 0.6) is 0 Å². The summed E-state index contributed by atoms with van der Waals surface area (Å²) in [4.78, 5) is 12.7. The molecule has 0 aliphatic rings. The summed E-state index contributed by atoms with van der Waals surface area (Å²) in [6, 6.07) is 10.4. The number of nitrogens with one attached hydrogen (secondary N) is 2. The van der Waals surface area contributed by atoms with E-state index in [-0.39, 0.29) is 0 Å². The molecule has 4 aromatic rings. The van der Waals surface area contributed by atoms with Crippen LogP contribution in [0.15, 0.2) is 61.1 Å². The zero-order valence-electron chi connectivity index (χ0n) is 14.7. The molecule has 0 saturated heterocycles. The van der Waals surface area contributed by atoms with E-state index in [1.165, 1.54) is 6.07 Å². The molecule has 28 heavy (non-hydrogen) atoms. The van der Waals surface area contributed by atoms with Gasteiger partial charge in [0, 0.05) is 36.9 Å². The Balaban J connectivity index is 1.84. The minimum absolute atomic E-state index is 0.350. The molecule has 0 spiro atoms. The van der Waals surface area contributed by atoms with E-state index in [0.717, 1.165) is 17.8 Å². The van der Waals surface area contributed by atoms with E-state index in [0.29, 0.717) is 28.5 Å². The van der Waals surface area contributed by atoms with Gasteiger partial charge < -0.3 is 10.6 Å². The summed E-state index contributed by atoms with van der Waals surface area (Å²) in [5.41, 5.74) is 1.60. The molecule has 0 aliphatic carbocycles. The Kier molecular flexibility index (Phi) is 4.34. The smallest absolute Gasteiger partial charge is 0.358 e. The third-order valence-corrected chi connectivity index (χ3v) is 4.15. The van der Waals surface area contributed by atoms with E-state index in [9.17, 15) is 13.2 Å². The summed E-state index contributed by atoms with van der Waals surface area (Å²) in [6.45, 7) is 0. The molecule has 0 fully saturated rings. The predicted molar refractivity (Wildman–Crippen MR) is 101 cm³/mol. The molecule has 6 nitrogen and oxygen atoms in total. The zero-order valence-corrected chi connectivity index (χ0v) is 14.7. The van der Waals surface area contributed by atoms with Crippen LogP contribution in [0.25, 0.3) is 16.7 Å². The van der Waals surface area contributed by atoms with Gasteiger partial charge in [0.05, 0.1) is 17.3 Å². The van der Waals surface area contributed by atoms with Crippen LogP contribution in [0.2, 0.25) is 0 Å². The molecule has 9 heteroatoms. The fourth-order valence-corrected chi connectivity index (χ4v) is 2.88. The van der Waals surface area contributed by atoms with Crippen LogP contribution in [0, 0.1) is 0 Å². The highest BCUT2D eigenvalue weighted by atomic mass is 19.4. The third kappa shape index (κ3) is 3.34. The van der Waals surface area contributed by atoms with Gasteiger partial charge in [0.25, 0.3) is 0 Å². The van der Waals surface area contributed by atoms with E-state index in [1.807, 2.05) is 0 Å². The van der Waals surface area contributed by atoms with Gasteiger partial charge in [-0.25, -0.2) is 9.97 Å². The molecule has 1 aromatic carbocycles. The van der Waals surface area contributed by atoms with E-state index in [2.05, 4.69) is 25.6 Å². The molecular formula is C19H15F3N6. The Morgan fingerprint density at radius 1 is 1.04 bits per heavy atom. The van der Waals surface area contributed by atoms with E-state index < -0.39 is 11.7 Å². The summed E-state index contributed by atoms with van der Waals surface area (Å²) in [7, 11) is 1.66. The van der Waals surface area contributed by atoms with Crippen molar-refractivity contribution in [3.63, 3.8) is 0 Å². The molecule has 0 unspecified atom stereocenters. The lowest BCUT2D eigenvalue weighted by molar-refractivity contribution is -0.137. The van der Waals surface area contributed by atoms with Gasteiger partial charge in [-0.1, -0.05) is 6.07 Å². The molecular weight excluding hydrogens is 369 g/mol. The molecule has 0 saturated carbocycles. The predicted octanol–water partition coefficient (Wildman–Crippen LogP) is 4.62. The highest BCUT2D eigenvalue weighted by Gasteiger charge is 2.30. The fourth-order valence-electron chi connectivity index (χ4n) is 2.88. The van der Waals surface area contributed by atoms with Crippen molar-refractivity contribution >= 4 is 28.5 Å². The Bertz CT molecular complexity index is 1120. The van der Waals surface area contributed by atoms with Crippen LogP contribution >= 0.6 is 0 Å². The monoisotopic (exact) mass is 384 g/mol. The van der Waals surface area contributed by atoms with Gasteiger partial charge >= 0.3 is 6.18 Å². The van der Waals surface area contributed by atoms with Crippen molar-refractivity contribution in [1.82, 2.24) is 19.5 Å². The van der Waals surface area contributed by atoms with Crippen LogP contribution in [-0.2, 0) is 6.18 Å². The topological polar surface area (TPSA) is 67.7 Å². The van der Waals surface area contributed by atoms with Crippen molar-refractivity contribution in [2.75, 3.05) is 17.7 Å². The number of hydrogen-bond acceptors (Lipinski definition) is 5. The first-order chi connectivity index (χ1) is 13.5. The number of nitrogens with zero attached hydrogens (tertiary/aromatic N) is 4. The largest absolute Gasteiger partial charge is 0.416 e. The van der Waals surface area contributed by atoms with Crippen LogP contribution in [0.1, 0.15) is 5.56 Å². The molecule has 3 heterocycles. The average Bonchev–Trinajstić information content (AvgIpc) is 3.06. The average molecular weight is 384 g/mol. The Hall–Kier alpha value is -3.62. The number of pyridine rings is 2. The van der Waals surface area contributed by atoms with E-state index in [1.54, 1.807) is 54.5 Å². The normalized spacial score (nSPS) is 11.6. The molecule has 2 N–H and O–H groups in total. The lowest BCUT2D eigenvalue weighted by Gasteiger charge is -2.12. The van der Waals surface area contributed by atoms with Crippen molar-refractivity contribution in [2.24, 2.45) is 0 Å². The molecule has 142 valence electrons. The highest BCUT2D eigenvalue weighted by Crippen LogP contribution is 2.32. The van der Waals surface area contributed by atoms with Gasteiger partial charge in [-0.15, -0.1) is 0 Å². The molecule has 0 amide bonds. The van der Waals surface area contributed by atoms with Gasteiger partial charge in [-0.2, -0.15) is 13.2 Å². The van der Waals surface area contributed by atoms with E-state index in [4.69, 9.17) is 0 Å². The SMILES string of the molecule is CNc1nc2cnc(Nc3ccncc3)cc2n1-c1cccc(C(F)(F)F)c1. The number of alkyl halides is 3. The minimum Gasteiger partial charge on any atom is -0.358 e. The summed E-state index contributed by atoms with van der Waals surface area (Å²) in [5, 5.41) is 6.07. The van der Waals surface area contributed by atoms with Crippen LogP contribution < -0.4 is 10.6 Å². The third-order valence-electron chi connectivity index (χ3n) is 4.15. The van der Waals surface area contributed by atoms with Gasteiger partial charge in [-0.05, 0) is 30.3 Å². The van der Waals surface area contributed by atoms with Crippen molar-refractivity contribution in [2.45, 2.75) is 6.18 Å². The Labute approximate surface area is 158 Å². The minimum atomic E-state index is -4.43. The number of imidazole rings is 1. The molecule has 0 radical (unpaired) electrons. The number of aromatic nitrogens is 4. The van der Waals surface area contributed by atoms with Gasteiger partial charge in [0.2, 0.25) is 5.95 Å². The molecule has 0 bridgehead atoms. The van der Waals surface area contributed by atoms with Crippen LogP contribution in [0.3, 0.4) is 0 Å². The number of halogens is 3. The maximum atomic E-state index is 13.1. The first-order valence-corrected chi connectivity index (χ1v) is 8.36. The lowest BCUT2D eigenvalue weighted by atomic mass is 10.2. The van der Waals surface area contributed by atoms with Crippen molar-refractivity contribution in [3.8, 4) is 5.69 Å². The maximum absolute atomic E-state index is 13.1. The quantitative estimate of drug-likeness (QED) is 0.537. The zero-order chi connectivity index (χ0) is 19.7. The molecule has 4 rings (SSSR count). The number of rotatable bonds is 4. The summed E-state index contributed by atoms with van der Waals surface area (Å²) in [5.74, 6) is 0.951. The Morgan fingerprint density at radius 3 is 2.54 bits per heavy atom. The standard InChI is InChI=1S/C19H15F3N6/c1-23-18-27-15-11-25-17(26-13-5-7-24-8-6-13)10-16(15)28(18)14-4-2-3-12(9-14)19(20,21)22/h2-11H,1H3,(H,23,27)(H,24,25,26). The van der Waals surface area contributed by atoms with Crippen LogP contribution in [0.4, 0.5) is 30.6 Å². The molecule has 0 aliphatic heterocycles. The second-order valence-corrected chi connectivity index (χ2v) is 5.99. The highest BCUT2D eigenvalue weighted by molar-refractivity contribution is 5.83. The molecule has 0 atom stereocenters. The number of anilines is 3. The summed E-state index contributed by atoms with van der Waals surface area (Å²) >= 11 is 0. The van der Waals surface area contributed by atoms with Crippen molar-refractivity contribution < 1.29 is 13.2 Å². The first kappa shape index (κ1) is 17.8. The van der Waals surface area contributed by atoms with Gasteiger partial charge in [-0.3, -0.25) is 9.55 Å². The summed E-state index contributed by atoms with van der Waals surface area (Å²) in [6.07, 6.45) is 0.436. The number of hydrogen-bond donors (Lipinski definition) is 2. The van der Waals surface area contributed by atoms with Crippen molar-refractivity contribution in [1.29, 1.82) is 0 Å². The van der Waals surface area contributed by atoms with Crippen molar-refractivity contribution in [3.05, 3.63) is 66.6 Å². The fraction of sp³-hybridized carbons (Fsp3) is 0.105. The number of benzene rings is 1. The summed E-state index contributed by atoms with van der Waals surface area (Å²) < 4.78 is 41.1. The Morgan fingerprint density at radius 2 is 1.82 bits per heavy atom. The first-order valence-electron chi connectivity index (χ1n) is 8.36. The second kappa shape index (κ2) is 6.84. The lowest BCUT2D eigenvalue weighted by Crippen LogP contribution is -2.07. The van der Waals surface area contributed by atoms with Crippen LogP contribution in [-0.4, -0.2) is 26.6 Å². The molecule has 3 aromatic heterocycles.